The highest BCUT2D eigenvalue weighted by Crippen LogP contribution is 2.51. The van der Waals surface area contributed by atoms with Crippen LogP contribution in [0.5, 0.6) is 0 Å². The SMILES string of the molecule is CC=CC(=O)P(=O)(OCc1ccccc1)OCc1ccccc1. The van der Waals surface area contributed by atoms with Crippen LogP contribution in [0.4, 0.5) is 0 Å². The normalized spacial score (nSPS) is 11.7. The Morgan fingerprint density at radius 2 is 1.35 bits per heavy atom. The highest BCUT2D eigenvalue weighted by Gasteiger charge is 2.33. The van der Waals surface area contributed by atoms with E-state index in [9.17, 15) is 9.36 Å². The molecular weight excluding hydrogens is 311 g/mol. The first-order valence-electron chi connectivity index (χ1n) is 7.28. The summed E-state index contributed by atoms with van der Waals surface area (Å²) in [7, 11) is -3.88. The first-order chi connectivity index (χ1) is 11.1. The average molecular weight is 330 g/mol. The van der Waals surface area contributed by atoms with Gasteiger partial charge in [-0.25, -0.2) is 0 Å². The lowest BCUT2D eigenvalue weighted by Crippen LogP contribution is -2.05. The van der Waals surface area contributed by atoms with Crippen molar-refractivity contribution in [3.8, 4) is 0 Å². The lowest BCUT2D eigenvalue weighted by molar-refractivity contribution is -0.110. The topological polar surface area (TPSA) is 52.6 Å². The lowest BCUT2D eigenvalue weighted by Gasteiger charge is -2.16. The van der Waals surface area contributed by atoms with Crippen LogP contribution in [0.15, 0.2) is 72.8 Å². The average Bonchev–Trinajstić information content (AvgIpc) is 2.60. The maximum atomic E-state index is 12.8. The summed E-state index contributed by atoms with van der Waals surface area (Å²) in [5, 5.41) is 0. The van der Waals surface area contributed by atoms with Gasteiger partial charge in [-0.05, 0) is 24.1 Å². The van der Waals surface area contributed by atoms with E-state index >= 15 is 0 Å². The van der Waals surface area contributed by atoms with Gasteiger partial charge in [0.15, 0.2) is 0 Å². The minimum atomic E-state index is -3.88. The molecule has 4 nitrogen and oxygen atoms in total. The van der Waals surface area contributed by atoms with Gasteiger partial charge in [0.2, 0.25) is 0 Å². The number of carbonyl (C=O) groups excluding carboxylic acids is 1. The van der Waals surface area contributed by atoms with Gasteiger partial charge in [0.05, 0.1) is 13.2 Å². The van der Waals surface area contributed by atoms with Gasteiger partial charge in [-0.15, -0.1) is 0 Å². The Labute approximate surface area is 136 Å². The van der Waals surface area contributed by atoms with E-state index in [0.29, 0.717) is 0 Å². The quantitative estimate of drug-likeness (QED) is 0.519. The van der Waals surface area contributed by atoms with Crippen LogP contribution in [0.3, 0.4) is 0 Å². The van der Waals surface area contributed by atoms with Crippen molar-refractivity contribution in [3.05, 3.63) is 83.9 Å². The summed E-state index contributed by atoms with van der Waals surface area (Å²) in [4.78, 5) is 12.1. The van der Waals surface area contributed by atoms with E-state index in [0.717, 1.165) is 11.1 Å². The molecule has 5 heteroatoms. The third-order valence-electron chi connectivity index (χ3n) is 3.07. The summed E-state index contributed by atoms with van der Waals surface area (Å²) in [6.07, 6.45) is 2.74. The van der Waals surface area contributed by atoms with Crippen LogP contribution in [0, 0.1) is 0 Å². The highest BCUT2D eigenvalue weighted by molar-refractivity contribution is 7.72. The summed E-state index contributed by atoms with van der Waals surface area (Å²) >= 11 is 0. The Morgan fingerprint density at radius 1 is 0.913 bits per heavy atom. The molecular formula is C18H19O4P. The molecule has 2 aromatic carbocycles. The van der Waals surface area contributed by atoms with Crippen molar-refractivity contribution in [3.63, 3.8) is 0 Å². The van der Waals surface area contributed by atoms with Crippen molar-refractivity contribution in [2.24, 2.45) is 0 Å². The smallest absolute Gasteiger partial charge is 0.298 e. The molecule has 0 bridgehead atoms. The van der Waals surface area contributed by atoms with E-state index in [4.69, 9.17) is 9.05 Å². The van der Waals surface area contributed by atoms with Crippen LogP contribution in [0.1, 0.15) is 18.1 Å². The second kappa shape index (κ2) is 8.59. The zero-order valence-corrected chi connectivity index (χ0v) is 13.8. The van der Waals surface area contributed by atoms with E-state index in [-0.39, 0.29) is 13.2 Å². The zero-order chi connectivity index (χ0) is 16.5. The molecule has 2 aromatic rings. The molecule has 0 saturated heterocycles. The number of allylic oxidation sites excluding steroid dienone is 2. The molecule has 0 aromatic heterocycles. The van der Waals surface area contributed by atoms with E-state index in [1.54, 1.807) is 6.92 Å². The fraction of sp³-hybridized carbons (Fsp3) is 0.167. The van der Waals surface area contributed by atoms with Crippen molar-refractivity contribution >= 4 is 13.1 Å². The Balaban J connectivity index is 2.08. The minimum absolute atomic E-state index is 0.0518. The van der Waals surface area contributed by atoms with Crippen LogP contribution in [-0.2, 0) is 31.6 Å². The first kappa shape index (κ1) is 17.4. The highest BCUT2D eigenvalue weighted by atomic mass is 31.2. The monoisotopic (exact) mass is 330 g/mol. The number of hydrogen-bond acceptors (Lipinski definition) is 4. The van der Waals surface area contributed by atoms with Gasteiger partial charge >= 0.3 is 7.60 Å². The van der Waals surface area contributed by atoms with E-state index < -0.39 is 13.1 Å². The molecule has 0 atom stereocenters. The van der Waals surface area contributed by atoms with Gasteiger partial charge in [0.1, 0.15) is 0 Å². The Hall–Kier alpha value is -2.00. The van der Waals surface area contributed by atoms with Crippen LogP contribution in [0.2, 0.25) is 0 Å². The van der Waals surface area contributed by atoms with Gasteiger partial charge in [0.25, 0.3) is 5.52 Å². The fourth-order valence-electron chi connectivity index (χ4n) is 1.87. The number of hydrogen-bond donors (Lipinski definition) is 0. The Bertz CT molecular complexity index is 648. The van der Waals surface area contributed by atoms with Crippen molar-refractivity contribution in [1.29, 1.82) is 0 Å². The maximum absolute atomic E-state index is 12.8. The molecule has 2 rings (SSSR count). The molecule has 0 aliphatic carbocycles. The van der Waals surface area contributed by atoms with Crippen molar-refractivity contribution in [2.75, 3.05) is 0 Å². The second-order valence-corrected chi connectivity index (χ2v) is 6.81. The third-order valence-corrected chi connectivity index (χ3v) is 4.69. The molecule has 0 radical (unpaired) electrons. The Kier molecular flexibility index (Phi) is 6.48. The van der Waals surface area contributed by atoms with Gasteiger partial charge in [0, 0.05) is 0 Å². The van der Waals surface area contributed by atoms with Crippen molar-refractivity contribution < 1.29 is 18.4 Å². The molecule has 0 unspecified atom stereocenters. The fourth-order valence-corrected chi connectivity index (χ4v) is 3.16. The number of rotatable bonds is 8. The first-order valence-corrected chi connectivity index (χ1v) is 8.82. The zero-order valence-electron chi connectivity index (χ0n) is 12.9. The molecule has 23 heavy (non-hydrogen) atoms. The lowest BCUT2D eigenvalue weighted by atomic mass is 10.2. The summed E-state index contributed by atoms with van der Waals surface area (Å²) in [5.41, 5.74) is 1.00. The van der Waals surface area contributed by atoms with E-state index in [1.807, 2.05) is 60.7 Å². The van der Waals surface area contributed by atoms with Crippen LogP contribution < -0.4 is 0 Å². The minimum Gasteiger partial charge on any atom is -0.298 e. The number of benzene rings is 2. The molecule has 0 aliphatic heterocycles. The molecule has 0 fully saturated rings. The van der Waals surface area contributed by atoms with Crippen molar-refractivity contribution in [2.45, 2.75) is 20.1 Å². The van der Waals surface area contributed by atoms with E-state index in [1.165, 1.54) is 12.2 Å². The molecule has 0 amide bonds. The van der Waals surface area contributed by atoms with Crippen LogP contribution in [0.25, 0.3) is 0 Å². The summed E-state index contributed by atoms with van der Waals surface area (Å²) < 4.78 is 23.6. The molecule has 0 spiro atoms. The van der Waals surface area contributed by atoms with E-state index in [2.05, 4.69) is 0 Å². The number of carbonyl (C=O) groups is 1. The Morgan fingerprint density at radius 3 is 1.74 bits per heavy atom. The van der Waals surface area contributed by atoms with Crippen LogP contribution >= 0.6 is 7.60 Å². The standard InChI is InChI=1S/C18H19O4P/c1-2-9-18(19)23(20,21-14-16-10-5-3-6-11-16)22-15-17-12-7-4-8-13-17/h2-13H,14-15H2,1H3. The molecule has 0 aliphatic rings. The maximum Gasteiger partial charge on any atom is 0.401 e. The largest absolute Gasteiger partial charge is 0.401 e. The summed E-state index contributed by atoms with van der Waals surface area (Å²) in [6.45, 7) is 1.78. The predicted molar refractivity (Wildman–Crippen MR) is 89.9 cm³/mol. The van der Waals surface area contributed by atoms with Gasteiger partial charge < -0.3 is 0 Å². The predicted octanol–water partition coefficient (Wildman–Crippen LogP) is 4.72. The van der Waals surface area contributed by atoms with Gasteiger partial charge in [-0.3, -0.25) is 18.4 Å². The molecule has 0 heterocycles. The molecule has 120 valence electrons. The molecule has 0 saturated carbocycles. The molecule has 0 N–H and O–H groups in total. The van der Waals surface area contributed by atoms with Gasteiger partial charge in [-0.1, -0.05) is 66.7 Å². The second-order valence-electron chi connectivity index (χ2n) is 4.85. The van der Waals surface area contributed by atoms with Gasteiger partial charge in [-0.2, -0.15) is 0 Å². The van der Waals surface area contributed by atoms with Crippen LogP contribution in [-0.4, -0.2) is 5.52 Å². The van der Waals surface area contributed by atoms with Crippen molar-refractivity contribution in [1.82, 2.24) is 0 Å². The summed E-state index contributed by atoms with van der Waals surface area (Å²) in [6, 6.07) is 18.5. The summed E-state index contributed by atoms with van der Waals surface area (Å²) in [5.74, 6) is 0. The third kappa shape index (κ3) is 5.29.